The van der Waals surface area contributed by atoms with Crippen LogP contribution in [0.25, 0.3) is 0 Å². The number of anilines is 1. The predicted octanol–water partition coefficient (Wildman–Crippen LogP) is 3.45. The Labute approximate surface area is 200 Å². The molecule has 0 bridgehead atoms. The van der Waals surface area contributed by atoms with Crippen molar-refractivity contribution >= 4 is 35.0 Å². The number of ether oxygens (including phenoxy) is 3. The third-order valence-electron chi connectivity index (χ3n) is 4.57. The molecule has 0 heterocycles. The van der Waals surface area contributed by atoms with Crippen LogP contribution in [0.1, 0.15) is 20.7 Å². The quantitative estimate of drug-likeness (QED) is 0.423. The lowest BCUT2D eigenvalue weighted by molar-refractivity contribution is -0.118. The van der Waals surface area contributed by atoms with Gasteiger partial charge in [-0.1, -0.05) is 23.7 Å². The monoisotopic (exact) mass is 483 g/mol. The molecule has 0 spiro atoms. The Hall–Kier alpha value is -4.24. The number of rotatable bonds is 8. The summed E-state index contributed by atoms with van der Waals surface area (Å²) in [5.41, 5.74) is 5.56. The fraction of sp³-hybridized carbons (Fsp3) is 0.125. The van der Waals surface area contributed by atoms with Crippen molar-refractivity contribution in [3.05, 3.63) is 82.9 Å². The molecule has 0 aliphatic carbocycles. The van der Waals surface area contributed by atoms with E-state index in [9.17, 15) is 14.4 Å². The van der Waals surface area contributed by atoms with E-state index in [0.717, 1.165) is 0 Å². The van der Waals surface area contributed by atoms with Gasteiger partial charge in [-0.15, -0.1) is 0 Å². The van der Waals surface area contributed by atoms with Crippen LogP contribution in [0.3, 0.4) is 0 Å². The highest BCUT2D eigenvalue weighted by Gasteiger charge is 2.15. The maximum atomic E-state index is 12.6. The van der Waals surface area contributed by atoms with Gasteiger partial charge >= 0.3 is 0 Å². The molecule has 3 rings (SSSR count). The van der Waals surface area contributed by atoms with Gasteiger partial charge in [-0.2, -0.15) is 0 Å². The van der Waals surface area contributed by atoms with Crippen molar-refractivity contribution in [3.63, 3.8) is 0 Å². The van der Waals surface area contributed by atoms with Crippen molar-refractivity contribution in [1.29, 1.82) is 0 Å². The highest BCUT2D eigenvalue weighted by molar-refractivity contribution is 6.30. The second kappa shape index (κ2) is 11.6. The molecule has 3 aromatic carbocycles. The lowest BCUT2D eigenvalue weighted by Crippen LogP contribution is -2.41. The highest BCUT2D eigenvalue weighted by atomic mass is 35.5. The van der Waals surface area contributed by atoms with Crippen molar-refractivity contribution in [2.75, 3.05) is 26.1 Å². The van der Waals surface area contributed by atoms with Crippen LogP contribution in [-0.2, 0) is 4.79 Å². The largest absolute Gasteiger partial charge is 0.497 e. The number of hydrogen-bond acceptors (Lipinski definition) is 6. The zero-order valence-electron chi connectivity index (χ0n) is 18.4. The maximum Gasteiger partial charge on any atom is 0.273 e. The van der Waals surface area contributed by atoms with Gasteiger partial charge < -0.3 is 19.5 Å². The molecule has 0 aliphatic rings. The van der Waals surface area contributed by atoms with E-state index in [1.54, 1.807) is 54.6 Å². The average molecular weight is 484 g/mol. The molecule has 0 fully saturated rings. The third kappa shape index (κ3) is 6.39. The topological polar surface area (TPSA) is 115 Å². The maximum absolute atomic E-state index is 12.6. The molecule has 0 aromatic heterocycles. The average Bonchev–Trinajstić information content (AvgIpc) is 2.87. The number of para-hydroxylation sites is 1. The first kappa shape index (κ1) is 24.4. The van der Waals surface area contributed by atoms with Crippen molar-refractivity contribution in [2.24, 2.45) is 0 Å². The first-order chi connectivity index (χ1) is 16.4. The van der Waals surface area contributed by atoms with E-state index >= 15 is 0 Å². The molecule has 3 N–H and O–H groups in total. The summed E-state index contributed by atoms with van der Waals surface area (Å²) in [6.45, 7) is -0.367. The van der Waals surface area contributed by atoms with Gasteiger partial charge in [0.15, 0.2) is 6.61 Å². The number of methoxy groups -OCH3 is 2. The molecule has 0 atom stereocenters. The second-order valence-electron chi connectivity index (χ2n) is 6.81. The van der Waals surface area contributed by atoms with E-state index in [-0.39, 0.29) is 17.9 Å². The van der Waals surface area contributed by atoms with Crippen LogP contribution in [0.5, 0.6) is 17.2 Å². The van der Waals surface area contributed by atoms with Gasteiger partial charge in [0.2, 0.25) is 0 Å². The molecule has 0 saturated carbocycles. The number of carbonyl (C=O) groups is 3. The van der Waals surface area contributed by atoms with Crippen LogP contribution in [0.15, 0.2) is 66.7 Å². The molecule has 0 unspecified atom stereocenters. The van der Waals surface area contributed by atoms with Gasteiger partial charge in [-0.25, -0.2) is 0 Å². The SMILES string of the molecule is COc1ccc(C(=O)NNC(=O)c2ccccc2OCC(=O)Nc2ccc(Cl)cc2OC)cc1. The Kier molecular flexibility index (Phi) is 8.31. The summed E-state index contributed by atoms with van der Waals surface area (Å²) < 4.78 is 15.8. The van der Waals surface area contributed by atoms with Crippen molar-refractivity contribution in [1.82, 2.24) is 10.9 Å². The number of hydrogen-bond donors (Lipinski definition) is 3. The molecule has 3 aromatic rings. The molecular weight excluding hydrogens is 462 g/mol. The van der Waals surface area contributed by atoms with Crippen molar-refractivity contribution in [2.45, 2.75) is 0 Å². The zero-order chi connectivity index (χ0) is 24.5. The molecule has 34 heavy (non-hydrogen) atoms. The molecule has 176 valence electrons. The second-order valence-corrected chi connectivity index (χ2v) is 7.25. The van der Waals surface area contributed by atoms with Crippen LogP contribution in [0, 0.1) is 0 Å². The van der Waals surface area contributed by atoms with Gasteiger partial charge in [-0.05, 0) is 48.5 Å². The van der Waals surface area contributed by atoms with Crippen LogP contribution >= 0.6 is 11.6 Å². The van der Waals surface area contributed by atoms with Gasteiger partial charge in [0.05, 0.1) is 25.5 Å². The minimum Gasteiger partial charge on any atom is -0.497 e. The van der Waals surface area contributed by atoms with E-state index < -0.39 is 17.7 Å². The normalized spacial score (nSPS) is 10.1. The summed E-state index contributed by atoms with van der Waals surface area (Å²) in [5, 5.41) is 3.12. The van der Waals surface area contributed by atoms with Gasteiger partial charge in [-0.3, -0.25) is 25.2 Å². The van der Waals surface area contributed by atoms with Crippen LogP contribution < -0.4 is 30.4 Å². The lowest BCUT2D eigenvalue weighted by Gasteiger charge is -2.13. The minimum atomic E-state index is -0.614. The number of amides is 3. The Bertz CT molecular complexity index is 1180. The van der Waals surface area contributed by atoms with Crippen LogP contribution in [0.2, 0.25) is 5.02 Å². The fourth-order valence-corrected chi connectivity index (χ4v) is 3.04. The van der Waals surface area contributed by atoms with E-state index in [0.29, 0.717) is 27.8 Å². The number of nitrogens with one attached hydrogen (secondary N) is 3. The molecule has 3 amide bonds. The summed E-state index contributed by atoms with van der Waals surface area (Å²) in [4.78, 5) is 37.2. The number of benzene rings is 3. The van der Waals surface area contributed by atoms with Crippen molar-refractivity contribution < 1.29 is 28.6 Å². The Morgan fingerprint density at radius 3 is 2.24 bits per heavy atom. The summed E-state index contributed by atoms with van der Waals surface area (Å²) in [6.07, 6.45) is 0. The van der Waals surface area contributed by atoms with Crippen molar-refractivity contribution in [3.8, 4) is 17.2 Å². The van der Waals surface area contributed by atoms with Crippen LogP contribution in [-0.4, -0.2) is 38.5 Å². The lowest BCUT2D eigenvalue weighted by atomic mass is 10.2. The predicted molar refractivity (Wildman–Crippen MR) is 126 cm³/mol. The number of halogens is 1. The van der Waals surface area contributed by atoms with E-state index in [4.69, 9.17) is 25.8 Å². The van der Waals surface area contributed by atoms with Gasteiger partial charge in [0.1, 0.15) is 17.2 Å². The third-order valence-corrected chi connectivity index (χ3v) is 4.80. The molecule has 9 nitrogen and oxygen atoms in total. The number of carbonyl (C=O) groups excluding carboxylic acids is 3. The summed E-state index contributed by atoms with van der Waals surface area (Å²) >= 11 is 5.93. The fourth-order valence-electron chi connectivity index (χ4n) is 2.87. The standard InChI is InChI=1S/C24H22ClN3O6/c1-32-17-10-7-15(8-11-17)23(30)27-28-24(31)18-5-3-4-6-20(18)34-14-22(29)26-19-12-9-16(25)13-21(19)33-2/h3-13H,14H2,1-2H3,(H,26,29)(H,27,30)(H,28,31). The molecular formula is C24H22ClN3O6. The van der Waals surface area contributed by atoms with Crippen LogP contribution in [0.4, 0.5) is 5.69 Å². The zero-order valence-corrected chi connectivity index (χ0v) is 19.1. The Morgan fingerprint density at radius 2 is 1.53 bits per heavy atom. The first-order valence-electron chi connectivity index (χ1n) is 10.0. The summed E-state index contributed by atoms with van der Waals surface area (Å²) in [7, 11) is 2.98. The van der Waals surface area contributed by atoms with E-state index in [1.807, 2.05) is 0 Å². The Balaban J connectivity index is 1.58. The van der Waals surface area contributed by atoms with E-state index in [2.05, 4.69) is 16.2 Å². The first-order valence-corrected chi connectivity index (χ1v) is 10.4. The van der Waals surface area contributed by atoms with Gasteiger partial charge in [0, 0.05) is 16.7 Å². The molecule has 0 radical (unpaired) electrons. The summed E-state index contributed by atoms with van der Waals surface area (Å²) in [6, 6.07) is 17.5. The Morgan fingerprint density at radius 1 is 0.824 bits per heavy atom. The number of hydrazine groups is 1. The molecule has 0 aliphatic heterocycles. The summed E-state index contributed by atoms with van der Waals surface area (Å²) in [5.74, 6) is -0.429. The smallest absolute Gasteiger partial charge is 0.273 e. The molecule has 10 heteroatoms. The highest BCUT2D eigenvalue weighted by Crippen LogP contribution is 2.27. The van der Waals surface area contributed by atoms with Gasteiger partial charge in [0.25, 0.3) is 17.7 Å². The molecule has 0 saturated heterocycles. The van der Waals surface area contributed by atoms with E-state index in [1.165, 1.54) is 26.4 Å². The minimum absolute atomic E-state index is 0.134.